The van der Waals surface area contributed by atoms with E-state index in [2.05, 4.69) is 41.9 Å². The molecule has 1 atom stereocenters. The Balaban J connectivity index is 1.79. The molecule has 0 aromatic carbocycles. The molecule has 4 nitrogen and oxygen atoms in total. The summed E-state index contributed by atoms with van der Waals surface area (Å²) in [5.74, 6) is 0.532. The summed E-state index contributed by atoms with van der Waals surface area (Å²) in [4.78, 5) is 12.1. The van der Waals surface area contributed by atoms with Gasteiger partial charge in [-0.1, -0.05) is 6.07 Å². The van der Waals surface area contributed by atoms with Crippen molar-refractivity contribution in [1.29, 1.82) is 0 Å². The average Bonchev–Trinajstić information content (AvgIpc) is 3.04. The summed E-state index contributed by atoms with van der Waals surface area (Å²) in [6, 6.07) is 6.95. The third kappa shape index (κ3) is 3.97. The predicted octanol–water partition coefficient (Wildman–Crippen LogP) is 3.94. The second-order valence-corrected chi connectivity index (χ2v) is 7.31. The Kier molecular flexibility index (Phi) is 5.41. The number of thiazole rings is 1. The largest absolute Gasteiger partial charge is 0.378 e. The van der Waals surface area contributed by atoms with Gasteiger partial charge in [-0.3, -0.25) is 0 Å². The molecule has 5 heteroatoms. The molecule has 23 heavy (non-hydrogen) atoms. The zero-order chi connectivity index (χ0) is 16.2. The van der Waals surface area contributed by atoms with E-state index in [4.69, 9.17) is 9.72 Å². The molecule has 0 amide bonds. The molecule has 1 fully saturated rings. The van der Waals surface area contributed by atoms with E-state index in [0.717, 1.165) is 22.9 Å². The molecule has 0 spiro atoms. The van der Waals surface area contributed by atoms with E-state index in [1.807, 2.05) is 5.38 Å². The van der Waals surface area contributed by atoms with Crippen molar-refractivity contribution < 1.29 is 4.74 Å². The molecule has 0 saturated carbocycles. The smallest absolute Gasteiger partial charge is 0.142 e. The molecule has 2 aromatic heterocycles. The SMILES string of the molecule is COCc1csc(-c2cccc([C@@H]3CCCN(C(C)C)C3)n2)n1. The highest BCUT2D eigenvalue weighted by molar-refractivity contribution is 7.13. The van der Waals surface area contributed by atoms with E-state index in [0.29, 0.717) is 18.6 Å². The van der Waals surface area contributed by atoms with Crippen LogP contribution in [0.2, 0.25) is 0 Å². The first-order valence-corrected chi connectivity index (χ1v) is 9.20. The fourth-order valence-electron chi connectivity index (χ4n) is 3.15. The van der Waals surface area contributed by atoms with Crippen molar-refractivity contribution in [2.45, 2.75) is 45.3 Å². The maximum atomic E-state index is 5.15. The molecule has 2 aromatic rings. The van der Waals surface area contributed by atoms with Gasteiger partial charge in [0, 0.05) is 36.7 Å². The number of likely N-dealkylation sites (tertiary alicyclic amines) is 1. The summed E-state index contributed by atoms with van der Waals surface area (Å²) < 4.78 is 5.15. The van der Waals surface area contributed by atoms with Crippen LogP contribution in [0.15, 0.2) is 23.6 Å². The van der Waals surface area contributed by atoms with Gasteiger partial charge < -0.3 is 9.64 Å². The molecule has 0 aliphatic carbocycles. The Bertz CT molecular complexity index is 641. The summed E-state index contributed by atoms with van der Waals surface area (Å²) in [6.07, 6.45) is 2.48. The lowest BCUT2D eigenvalue weighted by molar-refractivity contribution is 0.166. The minimum Gasteiger partial charge on any atom is -0.378 e. The summed E-state index contributed by atoms with van der Waals surface area (Å²) in [5.41, 5.74) is 3.16. The Morgan fingerprint density at radius 1 is 1.35 bits per heavy atom. The fourth-order valence-corrected chi connectivity index (χ4v) is 3.93. The average molecular weight is 331 g/mol. The third-order valence-electron chi connectivity index (χ3n) is 4.44. The van der Waals surface area contributed by atoms with E-state index in [1.54, 1.807) is 18.4 Å². The number of aromatic nitrogens is 2. The van der Waals surface area contributed by atoms with Crippen LogP contribution in [-0.4, -0.2) is 41.1 Å². The quantitative estimate of drug-likeness (QED) is 0.832. The molecule has 0 bridgehead atoms. The van der Waals surface area contributed by atoms with E-state index < -0.39 is 0 Å². The number of hydrogen-bond acceptors (Lipinski definition) is 5. The van der Waals surface area contributed by atoms with Gasteiger partial charge in [0.2, 0.25) is 0 Å². The van der Waals surface area contributed by atoms with E-state index in [-0.39, 0.29) is 0 Å². The summed E-state index contributed by atoms with van der Waals surface area (Å²) >= 11 is 1.64. The monoisotopic (exact) mass is 331 g/mol. The van der Waals surface area contributed by atoms with Gasteiger partial charge in [0.05, 0.1) is 18.0 Å². The lowest BCUT2D eigenvalue weighted by Crippen LogP contribution is -2.39. The van der Waals surface area contributed by atoms with Gasteiger partial charge in [0.15, 0.2) is 0 Å². The van der Waals surface area contributed by atoms with E-state index in [9.17, 15) is 0 Å². The predicted molar refractivity (Wildman–Crippen MR) is 94.7 cm³/mol. The van der Waals surface area contributed by atoms with Gasteiger partial charge in [0.25, 0.3) is 0 Å². The van der Waals surface area contributed by atoms with Crippen LogP contribution in [0.4, 0.5) is 0 Å². The Morgan fingerprint density at radius 2 is 2.22 bits per heavy atom. The van der Waals surface area contributed by atoms with Crippen LogP contribution in [0.5, 0.6) is 0 Å². The van der Waals surface area contributed by atoms with Crippen LogP contribution in [0.1, 0.15) is 44.0 Å². The zero-order valence-corrected chi connectivity index (χ0v) is 15.0. The topological polar surface area (TPSA) is 38.2 Å². The maximum absolute atomic E-state index is 5.15. The van der Waals surface area contributed by atoms with Crippen molar-refractivity contribution in [3.8, 4) is 10.7 Å². The molecule has 3 heterocycles. The second-order valence-electron chi connectivity index (χ2n) is 6.45. The molecule has 0 N–H and O–H groups in total. The Morgan fingerprint density at radius 3 is 3.00 bits per heavy atom. The summed E-state index contributed by atoms with van der Waals surface area (Å²) in [6.45, 7) is 7.43. The van der Waals surface area contributed by atoms with Crippen LogP contribution >= 0.6 is 11.3 Å². The van der Waals surface area contributed by atoms with Crippen molar-refractivity contribution in [2.75, 3.05) is 20.2 Å². The van der Waals surface area contributed by atoms with Crippen molar-refractivity contribution in [2.24, 2.45) is 0 Å². The van der Waals surface area contributed by atoms with Crippen LogP contribution in [-0.2, 0) is 11.3 Å². The number of pyridine rings is 1. The van der Waals surface area contributed by atoms with Gasteiger partial charge in [-0.25, -0.2) is 9.97 Å². The van der Waals surface area contributed by atoms with Gasteiger partial charge in [-0.05, 0) is 45.4 Å². The van der Waals surface area contributed by atoms with Gasteiger partial charge in [-0.2, -0.15) is 0 Å². The van der Waals surface area contributed by atoms with Crippen molar-refractivity contribution in [1.82, 2.24) is 14.9 Å². The number of piperidine rings is 1. The van der Waals surface area contributed by atoms with Gasteiger partial charge >= 0.3 is 0 Å². The van der Waals surface area contributed by atoms with Crippen molar-refractivity contribution in [3.05, 3.63) is 35.0 Å². The molecule has 0 unspecified atom stereocenters. The first kappa shape index (κ1) is 16.6. The molecule has 1 aliphatic heterocycles. The molecule has 1 saturated heterocycles. The molecular formula is C18H25N3OS. The first-order chi connectivity index (χ1) is 11.2. The molecular weight excluding hydrogens is 306 g/mol. The zero-order valence-electron chi connectivity index (χ0n) is 14.2. The standard InChI is InChI=1S/C18H25N3OS/c1-13(2)21-9-5-6-14(10-21)16-7-4-8-17(20-16)18-19-15(11-22-3)12-23-18/h4,7-8,12-14H,5-6,9-11H2,1-3H3/t14-/m1/s1. The van der Waals surface area contributed by atoms with Crippen LogP contribution in [0.3, 0.4) is 0 Å². The Hall–Kier alpha value is -1.30. The molecule has 3 rings (SSSR count). The first-order valence-electron chi connectivity index (χ1n) is 8.32. The Labute approximate surface area is 142 Å². The number of hydrogen-bond donors (Lipinski definition) is 0. The number of rotatable bonds is 5. The third-order valence-corrected chi connectivity index (χ3v) is 5.35. The summed E-state index contributed by atoms with van der Waals surface area (Å²) in [7, 11) is 1.70. The highest BCUT2D eigenvalue weighted by Crippen LogP contribution is 2.29. The van der Waals surface area contributed by atoms with Crippen molar-refractivity contribution >= 4 is 11.3 Å². The van der Waals surface area contributed by atoms with Gasteiger partial charge in [0.1, 0.15) is 5.01 Å². The normalized spacial score (nSPS) is 19.4. The second kappa shape index (κ2) is 7.51. The lowest BCUT2D eigenvalue weighted by Gasteiger charge is -2.35. The highest BCUT2D eigenvalue weighted by Gasteiger charge is 2.24. The molecule has 124 valence electrons. The molecule has 0 radical (unpaired) electrons. The van der Waals surface area contributed by atoms with Gasteiger partial charge in [-0.15, -0.1) is 11.3 Å². The number of nitrogens with zero attached hydrogens (tertiary/aromatic N) is 3. The van der Waals surface area contributed by atoms with E-state index >= 15 is 0 Å². The highest BCUT2D eigenvalue weighted by atomic mass is 32.1. The minimum atomic E-state index is 0.532. The van der Waals surface area contributed by atoms with E-state index in [1.165, 1.54) is 25.1 Å². The van der Waals surface area contributed by atoms with Crippen LogP contribution in [0, 0.1) is 0 Å². The number of methoxy groups -OCH3 is 1. The van der Waals surface area contributed by atoms with Crippen molar-refractivity contribution in [3.63, 3.8) is 0 Å². The minimum absolute atomic E-state index is 0.532. The van der Waals surface area contributed by atoms with Crippen LogP contribution in [0.25, 0.3) is 10.7 Å². The molecule has 1 aliphatic rings. The maximum Gasteiger partial charge on any atom is 0.142 e. The lowest BCUT2D eigenvalue weighted by atomic mass is 9.93. The summed E-state index contributed by atoms with van der Waals surface area (Å²) in [5, 5.41) is 3.03. The fraction of sp³-hybridized carbons (Fsp3) is 0.556. The van der Waals surface area contributed by atoms with Crippen LogP contribution < -0.4 is 0 Å². The number of ether oxygens (including phenoxy) is 1.